The number of Topliss-reactive ketones (excluding diaryl/α,β-unsaturated/α-hetero) is 2. The molecule has 274 valence electrons. The van der Waals surface area contributed by atoms with Crippen molar-refractivity contribution >= 4 is 58.0 Å². The molecule has 52 heavy (non-hydrogen) atoms. The maximum absolute atomic E-state index is 13.3. The van der Waals surface area contributed by atoms with Crippen LogP contribution in [-0.4, -0.2) is 37.3 Å². The van der Waals surface area contributed by atoms with E-state index in [0.29, 0.717) is 64.0 Å². The molecule has 4 aromatic rings. The van der Waals surface area contributed by atoms with Gasteiger partial charge in [0.25, 0.3) is 0 Å². The summed E-state index contributed by atoms with van der Waals surface area (Å²) in [7, 11) is 0. The number of phenolic OH excluding ortho intramolecular Hbond substituents is 1. The number of tetrazole rings is 1. The number of nitrogens with one attached hydrogen (secondary N) is 1. The zero-order chi connectivity index (χ0) is 36.8. The lowest BCUT2D eigenvalue weighted by Gasteiger charge is -2.25. The lowest BCUT2D eigenvalue weighted by molar-refractivity contribution is 0.0798. The van der Waals surface area contributed by atoms with Crippen LogP contribution < -0.4 is 4.74 Å². The van der Waals surface area contributed by atoms with Crippen molar-refractivity contribution in [2.45, 2.75) is 97.5 Å². The summed E-state index contributed by atoms with van der Waals surface area (Å²) >= 11 is 25.2. The van der Waals surface area contributed by atoms with E-state index in [-0.39, 0.29) is 27.4 Å². The van der Waals surface area contributed by atoms with Gasteiger partial charge in [-0.2, -0.15) is 5.21 Å². The number of H-pyrrole nitrogens is 1. The van der Waals surface area contributed by atoms with E-state index in [4.69, 9.17) is 51.1 Å². The van der Waals surface area contributed by atoms with Gasteiger partial charge in [0.15, 0.2) is 11.6 Å². The molecule has 8 nitrogen and oxygen atoms in total. The van der Waals surface area contributed by atoms with Gasteiger partial charge in [-0.3, -0.25) is 9.59 Å². The van der Waals surface area contributed by atoms with Crippen molar-refractivity contribution in [2.24, 2.45) is 22.7 Å². The van der Waals surface area contributed by atoms with Crippen LogP contribution in [0, 0.1) is 22.7 Å². The molecule has 2 unspecified atom stereocenters. The number of halogens is 4. The highest BCUT2D eigenvalue weighted by atomic mass is 35.5. The van der Waals surface area contributed by atoms with Crippen molar-refractivity contribution in [3.8, 4) is 22.9 Å². The van der Waals surface area contributed by atoms with E-state index in [1.165, 1.54) is 51.4 Å². The fourth-order valence-electron chi connectivity index (χ4n) is 9.02. The number of aromatic nitrogens is 4. The third-order valence-corrected chi connectivity index (χ3v) is 13.3. The fourth-order valence-corrected chi connectivity index (χ4v) is 9.98. The molecule has 2 fully saturated rings. The highest BCUT2D eigenvalue weighted by Gasteiger charge is 2.46. The topological polar surface area (TPSA) is 118 Å². The number of rotatable bonds is 8. The molecule has 2 atom stereocenters. The molecule has 12 heteroatoms. The van der Waals surface area contributed by atoms with E-state index in [9.17, 15) is 14.7 Å². The Morgan fingerprint density at radius 3 is 1.81 bits per heavy atom. The van der Waals surface area contributed by atoms with Crippen LogP contribution in [0.4, 0.5) is 0 Å². The SMILES string of the molecule is CC1(CC2CCCC2)Cc2cc(O)c(Cl)c(Cl)c2C1=O.CC1(CC2CCCC2)Cc2cc(OCc3ccc(-c4nn[nH]n4)cc3)c(Cl)c(Cl)c2C1=O. The summed E-state index contributed by atoms with van der Waals surface area (Å²) in [5.74, 6) is 2.49. The number of fused-ring (bicyclic) bond motifs is 2. The molecule has 2 N–H and O–H groups in total. The van der Waals surface area contributed by atoms with E-state index in [2.05, 4.69) is 27.5 Å². The molecule has 4 aliphatic carbocycles. The molecule has 0 amide bonds. The first-order chi connectivity index (χ1) is 24.9. The number of ketones is 2. The summed E-state index contributed by atoms with van der Waals surface area (Å²) in [6.07, 6.45) is 13.1. The van der Waals surface area contributed by atoms with Crippen molar-refractivity contribution in [3.05, 3.63) is 84.3 Å². The van der Waals surface area contributed by atoms with Gasteiger partial charge in [-0.05, 0) is 71.6 Å². The predicted molar refractivity (Wildman–Crippen MR) is 204 cm³/mol. The first kappa shape index (κ1) is 37.2. The number of aromatic amines is 1. The van der Waals surface area contributed by atoms with Gasteiger partial charge in [-0.25, -0.2) is 0 Å². The molecule has 0 radical (unpaired) electrons. The van der Waals surface area contributed by atoms with Crippen LogP contribution in [0.15, 0.2) is 36.4 Å². The number of carbonyl (C=O) groups excluding carboxylic acids is 2. The maximum Gasteiger partial charge on any atom is 0.204 e. The fraction of sp³-hybridized carbons (Fsp3) is 0.475. The van der Waals surface area contributed by atoms with Gasteiger partial charge in [0.1, 0.15) is 28.2 Å². The number of phenols is 1. The summed E-state index contributed by atoms with van der Waals surface area (Å²) in [5, 5.41) is 24.7. The van der Waals surface area contributed by atoms with Crippen LogP contribution >= 0.6 is 46.4 Å². The highest BCUT2D eigenvalue weighted by molar-refractivity contribution is 6.46. The standard InChI is InChI=1S/C24H24Cl2N4O2.C16H18Cl2O2/c1-24(11-14-4-2-3-5-14)12-17-10-18(20(25)21(26)19(17)22(24)31)32-13-15-6-8-16(9-7-15)23-27-29-30-28-23;1-16(7-9-4-2-3-5-9)8-10-6-11(19)13(17)14(18)12(10)15(16)20/h6-10,14H,2-5,11-13H2,1H3,(H,27,28,29,30);6,9,19H,2-5,7-8H2,1H3. The number of ether oxygens (including phenoxy) is 1. The summed E-state index contributed by atoms with van der Waals surface area (Å²) in [6, 6.07) is 11.2. The van der Waals surface area contributed by atoms with Gasteiger partial charge >= 0.3 is 0 Å². The Balaban J connectivity index is 0.000000180. The minimum absolute atomic E-state index is 0.0340. The quantitative estimate of drug-likeness (QED) is 0.183. The summed E-state index contributed by atoms with van der Waals surface area (Å²) in [6.45, 7) is 4.42. The molecule has 3 aromatic carbocycles. The average Bonchev–Trinajstić information content (AvgIpc) is 3.97. The molecule has 4 aliphatic rings. The van der Waals surface area contributed by atoms with E-state index in [1.54, 1.807) is 6.07 Å². The van der Waals surface area contributed by atoms with Gasteiger partial charge in [0, 0.05) is 27.5 Å². The summed E-state index contributed by atoms with van der Waals surface area (Å²) < 4.78 is 6.02. The average molecular weight is 785 g/mol. The van der Waals surface area contributed by atoms with Crippen molar-refractivity contribution < 1.29 is 19.4 Å². The molecule has 0 saturated heterocycles. The largest absolute Gasteiger partial charge is 0.506 e. The number of carbonyl (C=O) groups is 2. The van der Waals surface area contributed by atoms with E-state index in [1.807, 2.05) is 37.3 Å². The molecule has 0 spiro atoms. The summed E-state index contributed by atoms with van der Waals surface area (Å²) in [4.78, 5) is 26.1. The highest BCUT2D eigenvalue weighted by Crippen LogP contribution is 2.51. The van der Waals surface area contributed by atoms with Crippen molar-refractivity contribution in [3.63, 3.8) is 0 Å². The Kier molecular flexibility index (Phi) is 10.7. The Hall–Kier alpha value is -3.17. The third-order valence-electron chi connectivity index (χ3n) is 11.6. The van der Waals surface area contributed by atoms with Crippen molar-refractivity contribution in [2.75, 3.05) is 0 Å². The van der Waals surface area contributed by atoms with Crippen LogP contribution in [0.3, 0.4) is 0 Å². The lowest BCUT2D eigenvalue weighted by Crippen LogP contribution is -2.26. The monoisotopic (exact) mass is 782 g/mol. The molecule has 8 rings (SSSR count). The van der Waals surface area contributed by atoms with Crippen LogP contribution in [-0.2, 0) is 19.4 Å². The molecule has 1 heterocycles. The second-order valence-corrected chi connectivity index (χ2v) is 17.2. The molecule has 0 aliphatic heterocycles. The van der Waals surface area contributed by atoms with Crippen LogP contribution in [0.2, 0.25) is 20.1 Å². The number of aromatic hydroxyl groups is 1. The number of hydrogen-bond donors (Lipinski definition) is 2. The minimum Gasteiger partial charge on any atom is -0.506 e. The van der Waals surface area contributed by atoms with Crippen LogP contribution in [0.1, 0.15) is 115 Å². The van der Waals surface area contributed by atoms with Gasteiger partial charge in [0.05, 0.1) is 10.0 Å². The Labute approximate surface area is 323 Å². The molecule has 1 aromatic heterocycles. The van der Waals surface area contributed by atoms with E-state index >= 15 is 0 Å². The normalized spacial score (nSPS) is 22.8. The van der Waals surface area contributed by atoms with Gasteiger partial charge in [-0.15, -0.1) is 10.2 Å². The number of nitrogens with zero attached hydrogens (tertiary/aromatic N) is 3. The maximum atomic E-state index is 13.3. The van der Waals surface area contributed by atoms with Gasteiger partial charge < -0.3 is 9.84 Å². The van der Waals surface area contributed by atoms with E-state index < -0.39 is 10.8 Å². The first-order valence-corrected chi connectivity index (χ1v) is 19.6. The lowest BCUT2D eigenvalue weighted by atomic mass is 9.77. The molecular formula is C40H42Cl4N4O4. The zero-order valence-electron chi connectivity index (χ0n) is 29.3. The number of hydrogen-bond acceptors (Lipinski definition) is 7. The molecule has 0 bridgehead atoms. The van der Waals surface area contributed by atoms with Crippen LogP contribution in [0.5, 0.6) is 11.5 Å². The first-order valence-electron chi connectivity index (χ1n) is 18.1. The Morgan fingerprint density at radius 1 is 0.769 bits per heavy atom. The van der Waals surface area contributed by atoms with Crippen molar-refractivity contribution in [1.29, 1.82) is 0 Å². The van der Waals surface area contributed by atoms with Crippen molar-refractivity contribution in [1.82, 2.24) is 20.6 Å². The van der Waals surface area contributed by atoms with E-state index in [0.717, 1.165) is 35.1 Å². The second kappa shape index (κ2) is 14.9. The molecule has 2 saturated carbocycles. The Morgan fingerprint density at radius 2 is 1.29 bits per heavy atom. The van der Waals surface area contributed by atoms with Gasteiger partial charge in [0.2, 0.25) is 5.82 Å². The minimum atomic E-state index is -0.409. The number of benzene rings is 3. The second-order valence-electron chi connectivity index (χ2n) is 15.7. The summed E-state index contributed by atoms with van der Waals surface area (Å²) in [5.41, 5.74) is 3.90. The predicted octanol–water partition coefficient (Wildman–Crippen LogP) is 11.1. The molecular weight excluding hydrogens is 742 g/mol. The zero-order valence-corrected chi connectivity index (χ0v) is 32.4. The van der Waals surface area contributed by atoms with Gasteiger partial charge in [-0.1, -0.05) is 136 Å². The Bertz CT molecular complexity index is 1990. The smallest absolute Gasteiger partial charge is 0.204 e. The van der Waals surface area contributed by atoms with Crippen LogP contribution in [0.25, 0.3) is 11.4 Å². The third kappa shape index (κ3) is 7.21.